The van der Waals surface area contributed by atoms with Crippen molar-refractivity contribution in [3.63, 3.8) is 0 Å². The number of amides is 1. The monoisotopic (exact) mass is 326 g/mol. The molecule has 1 aromatic heterocycles. The van der Waals surface area contributed by atoms with Crippen LogP contribution >= 0.6 is 27.3 Å². The van der Waals surface area contributed by atoms with Crippen LogP contribution in [0.2, 0.25) is 0 Å². The fraction of sp³-hybridized carbons (Fsp3) is 0.167. The van der Waals surface area contributed by atoms with Crippen LogP contribution in [-0.4, -0.2) is 18.0 Å². The van der Waals surface area contributed by atoms with Crippen LogP contribution in [0.15, 0.2) is 28.2 Å². The van der Waals surface area contributed by atoms with Crippen molar-refractivity contribution in [1.29, 1.82) is 0 Å². The van der Waals surface area contributed by atoms with E-state index in [1.165, 1.54) is 11.3 Å². The van der Waals surface area contributed by atoms with Crippen LogP contribution in [-0.2, 0) is 0 Å². The van der Waals surface area contributed by atoms with E-state index in [0.717, 1.165) is 4.88 Å². The molecular weight excluding hydrogens is 316 g/mol. The summed E-state index contributed by atoms with van der Waals surface area (Å²) < 4.78 is 5.87. The van der Waals surface area contributed by atoms with E-state index in [1.54, 1.807) is 19.2 Å². The number of nitrogens with one attached hydrogen (secondary N) is 1. The van der Waals surface area contributed by atoms with Crippen LogP contribution in [0.4, 0.5) is 5.69 Å². The van der Waals surface area contributed by atoms with Crippen molar-refractivity contribution in [2.75, 3.05) is 12.4 Å². The van der Waals surface area contributed by atoms with Crippen LogP contribution in [0.1, 0.15) is 15.4 Å². The fourth-order valence-corrected chi connectivity index (χ4v) is 3.03. The van der Waals surface area contributed by atoms with Gasteiger partial charge in [0.25, 0.3) is 5.91 Å². The summed E-state index contributed by atoms with van der Waals surface area (Å²) in [5.41, 5.74) is 1.06. The van der Waals surface area contributed by atoms with Gasteiger partial charge in [0.15, 0.2) is 3.92 Å². The molecule has 1 heterocycles. The lowest BCUT2D eigenvalue weighted by Gasteiger charge is -2.08. The minimum absolute atomic E-state index is 0.237. The first-order valence-corrected chi connectivity index (χ1v) is 6.80. The maximum Gasteiger partial charge on any atom is 0.275 e. The number of rotatable bonds is 3. The molecule has 0 unspecified atom stereocenters. The third-order valence-corrected chi connectivity index (χ3v) is 3.76. The largest absolute Gasteiger partial charge is 0.495 e. The van der Waals surface area contributed by atoms with Crippen molar-refractivity contribution >= 4 is 38.9 Å². The zero-order valence-electron chi connectivity index (χ0n) is 9.86. The van der Waals surface area contributed by atoms with Crippen molar-refractivity contribution in [2.24, 2.45) is 0 Å². The van der Waals surface area contributed by atoms with Crippen molar-refractivity contribution < 1.29 is 9.53 Å². The second-order valence-electron chi connectivity index (χ2n) is 3.53. The highest BCUT2D eigenvalue weighted by molar-refractivity contribution is 9.11. The molecule has 2 rings (SSSR count). The summed E-state index contributed by atoms with van der Waals surface area (Å²) in [6.45, 7) is 1.86. The Morgan fingerprint density at radius 1 is 1.44 bits per heavy atom. The van der Waals surface area contributed by atoms with Gasteiger partial charge in [0.05, 0.1) is 12.8 Å². The summed E-state index contributed by atoms with van der Waals surface area (Å²) in [4.78, 5) is 17.1. The number of aryl methyl sites for hydroxylation is 1. The first-order valence-electron chi connectivity index (χ1n) is 5.19. The molecule has 0 saturated carbocycles. The molecule has 2 aromatic rings. The Balaban J connectivity index is 2.24. The molecule has 18 heavy (non-hydrogen) atoms. The smallest absolute Gasteiger partial charge is 0.275 e. The predicted molar refractivity (Wildman–Crippen MR) is 75.5 cm³/mol. The number of carbonyl (C=O) groups excluding carboxylic acids is 1. The molecule has 1 N–H and O–H groups in total. The zero-order chi connectivity index (χ0) is 13.1. The zero-order valence-corrected chi connectivity index (χ0v) is 12.3. The molecule has 0 fully saturated rings. The lowest BCUT2D eigenvalue weighted by atomic mass is 10.2. The maximum absolute atomic E-state index is 12.1. The lowest BCUT2D eigenvalue weighted by Crippen LogP contribution is -2.14. The molecule has 0 spiro atoms. The number of hydrogen-bond donors (Lipinski definition) is 1. The Morgan fingerprint density at radius 3 is 2.78 bits per heavy atom. The van der Waals surface area contributed by atoms with Crippen molar-refractivity contribution in [3.05, 3.63) is 38.8 Å². The average molecular weight is 327 g/mol. The van der Waals surface area contributed by atoms with Gasteiger partial charge in [0.2, 0.25) is 0 Å². The number of halogens is 1. The molecule has 0 aliphatic heterocycles. The topological polar surface area (TPSA) is 51.2 Å². The fourth-order valence-electron chi connectivity index (χ4n) is 1.50. The molecule has 0 bridgehead atoms. The van der Waals surface area contributed by atoms with Gasteiger partial charge < -0.3 is 10.1 Å². The van der Waals surface area contributed by atoms with Crippen LogP contribution < -0.4 is 10.1 Å². The van der Waals surface area contributed by atoms with Crippen LogP contribution in [0, 0.1) is 6.92 Å². The molecule has 0 saturated heterocycles. The number of ether oxygens (including phenoxy) is 1. The summed E-state index contributed by atoms with van der Waals surface area (Å²) in [6, 6.07) is 7.26. The summed E-state index contributed by atoms with van der Waals surface area (Å²) in [5.74, 6) is 0.386. The highest BCUT2D eigenvalue weighted by atomic mass is 79.9. The van der Waals surface area contributed by atoms with Crippen LogP contribution in [0.5, 0.6) is 5.75 Å². The van der Waals surface area contributed by atoms with E-state index in [1.807, 2.05) is 19.1 Å². The van der Waals surface area contributed by atoms with Crippen molar-refractivity contribution in [1.82, 2.24) is 4.98 Å². The first kappa shape index (κ1) is 13.0. The van der Waals surface area contributed by atoms with Gasteiger partial charge in [-0.2, -0.15) is 0 Å². The third kappa shape index (κ3) is 2.70. The van der Waals surface area contributed by atoms with E-state index < -0.39 is 0 Å². The summed E-state index contributed by atoms with van der Waals surface area (Å²) >= 11 is 4.70. The van der Waals surface area contributed by atoms with Crippen LogP contribution in [0.25, 0.3) is 0 Å². The number of thiazole rings is 1. The molecule has 0 aliphatic carbocycles. The van der Waals surface area contributed by atoms with E-state index in [9.17, 15) is 4.79 Å². The average Bonchev–Trinajstić information content (AvgIpc) is 2.69. The predicted octanol–water partition coefficient (Wildman–Crippen LogP) is 3.47. The number of nitrogens with zero attached hydrogens (tertiary/aromatic N) is 1. The number of benzene rings is 1. The summed E-state index contributed by atoms with van der Waals surface area (Å²) in [7, 11) is 1.57. The van der Waals surface area contributed by atoms with E-state index >= 15 is 0 Å². The van der Waals surface area contributed by atoms with Gasteiger partial charge in [-0.25, -0.2) is 4.98 Å². The Kier molecular flexibility index (Phi) is 3.98. The van der Waals surface area contributed by atoms with Gasteiger partial charge in [-0.05, 0) is 35.0 Å². The van der Waals surface area contributed by atoms with Gasteiger partial charge >= 0.3 is 0 Å². The maximum atomic E-state index is 12.1. The number of para-hydroxylation sites is 2. The van der Waals surface area contributed by atoms with E-state index in [0.29, 0.717) is 21.0 Å². The van der Waals surface area contributed by atoms with E-state index in [4.69, 9.17) is 4.74 Å². The Bertz CT molecular complexity index is 583. The van der Waals surface area contributed by atoms with Crippen LogP contribution in [0.3, 0.4) is 0 Å². The summed E-state index contributed by atoms with van der Waals surface area (Å²) in [6.07, 6.45) is 0. The van der Waals surface area contributed by atoms with Gasteiger partial charge in [0, 0.05) is 4.88 Å². The number of carbonyl (C=O) groups is 1. The normalized spacial score (nSPS) is 10.2. The van der Waals surface area contributed by atoms with Gasteiger partial charge in [0.1, 0.15) is 11.4 Å². The summed E-state index contributed by atoms with van der Waals surface area (Å²) in [5, 5.41) is 2.79. The van der Waals surface area contributed by atoms with Gasteiger partial charge in [-0.15, -0.1) is 11.3 Å². The highest BCUT2D eigenvalue weighted by Crippen LogP contribution is 2.26. The van der Waals surface area contributed by atoms with Gasteiger partial charge in [-0.3, -0.25) is 4.79 Å². The van der Waals surface area contributed by atoms with Crippen molar-refractivity contribution in [3.8, 4) is 5.75 Å². The number of aromatic nitrogens is 1. The SMILES string of the molecule is COc1ccccc1NC(=O)c1nc(Br)sc1C. The molecule has 1 amide bonds. The molecule has 6 heteroatoms. The highest BCUT2D eigenvalue weighted by Gasteiger charge is 2.15. The van der Waals surface area contributed by atoms with E-state index in [-0.39, 0.29) is 5.91 Å². The quantitative estimate of drug-likeness (QED) is 0.939. The molecule has 94 valence electrons. The third-order valence-electron chi connectivity index (χ3n) is 2.34. The molecular formula is C12H11BrN2O2S. The lowest BCUT2D eigenvalue weighted by molar-refractivity contribution is 0.102. The van der Waals surface area contributed by atoms with Crippen molar-refractivity contribution in [2.45, 2.75) is 6.92 Å². The Labute approximate surface area is 117 Å². The molecule has 4 nitrogen and oxygen atoms in total. The minimum atomic E-state index is -0.237. The standard InChI is InChI=1S/C12H11BrN2O2S/c1-7-10(15-12(13)18-7)11(16)14-8-5-3-4-6-9(8)17-2/h3-6H,1-2H3,(H,14,16). The Hall–Kier alpha value is -1.40. The van der Waals surface area contributed by atoms with Gasteiger partial charge in [-0.1, -0.05) is 12.1 Å². The second kappa shape index (κ2) is 5.49. The van der Waals surface area contributed by atoms with E-state index in [2.05, 4.69) is 26.2 Å². The molecule has 0 radical (unpaired) electrons. The molecule has 0 aliphatic rings. The minimum Gasteiger partial charge on any atom is -0.495 e. The number of anilines is 1. The molecule has 0 atom stereocenters. The Morgan fingerprint density at radius 2 is 2.17 bits per heavy atom. The second-order valence-corrected chi connectivity index (χ2v) is 6.01. The number of hydrogen-bond acceptors (Lipinski definition) is 4. The molecule has 1 aromatic carbocycles. The number of methoxy groups -OCH3 is 1. The first-order chi connectivity index (χ1) is 8.61.